The molecule has 3 nitrogen and oxygen atoms in total. The molecule has 0 saturated heterocycles. The lowest BCUT2D eigenvalue weighted by atomic mass is 9.84. The molecule has 126 valence electrons. The van der Waals surface area contributed by atoms with Gasteiger partial charge in [0.15, 0.2) is 0 Å². The molecule has 1 aromatic heterocycles. The molecule has 1 aliphatic carbocycles. The molecule has 0 amide bonds. The predicted molar refractivity (Wildman–Crippen MR) is 80.7 cm³/mol. The van der Waals surface area contributed by atoms with Crippen LogP contribution < -0.4 is 5.32 Å². The van der Waals surface area contributed by atoms with Crippen LogP contribution in [0.5, 0.6) is 0 Å². The van der Waals surface area contributed by atoms with Crippen molar-refractivity contribution in [2.24, 2.45) is 13.0 Å². The summed E-state index contributed by atoms with van der Waals surface area (Å²) in [5, 5.41) is 7.01. The molecule has 0 aliphatic heterocycles. The summed E-state index contributed by atoms with van der Waals surface area (Å²) in [6.45, 7) is 5.50. The van der Waals surface area contributed by atoms with Gasteiger partial charge in [0.1, 0.15) is 6.04 Å². The molecule has 6 heteroatoms. The summed E-state index contributed by atoms with van der Waals surface area (Å²) >= 11 is 0. The number of hydrogen-bond donors (Lipinski definition) is 1. The van der Waals surface area contributed by atoms with Gasteiger partial charge in [0.25, 0.3) is 0 Å². The number of aryl methyl sites for hydroxylation is 2. The van der Waals surface area contributed by atoms with E-state index in [1.807, 2.05) is 0 Å². The summed E-state index contributed by atoms with van der Waals surface area (Å²) in [4.78, 5) is 0. The zero-order valence-electron chi connectivity index (χ0n) is 13.8. The molecule has 22 heavy (non-hydrogen) atoms. The van der Waals surface area contributed by atoms with Crippen molar-refractivity contribution in [2.75, 3.05) is 0 Å². The van der Waals surface area contributed by atoms with Crippen molar-refractivity contribution in [1.82, 2.24) is 15.1 Å². The second kappa shape index (κ2) is 6.60. The van der Waals surface area contributed by atoms with Crippen LogP contribution in [0.4, 0.5) is 13.2 Å². The van der Waals surface area contributed by atoms with Crippen molar-refractivity contribution < 1.29 is 13.2 Å². The molecule has 1 aliphatic rings. The van der Waals surface area contributed by atoms with Crippen LogP contribution in [-0.2, 0) is 7.05 Å². The zero-order chi connectivity index (χ0) is 16.5. The Balaban J connectivity index is 2.18. The average molecular weight is 317 g/mol. The Morgan fingerprint density at radius 1 is 1.23 bits per heavy atom. The summed E-state index contributed by atoms with van der Waals surface area (Å²) in [5.74, 6) is 0.671. The van der Waals surface area contributed by atoms with E-state index in [0.29, 0.717) is 17.3 Å². The first-order valence-electron chi connectivity index (χ1n) is 8.06. The normalized spacial score (nSPS) is 24.5. The molecule has 0 unspecified atom stereocenters. The summed E-state index contributed by atoms with van der Waals surface area (Å²) in [7, 11) is 1.69. The van der Waals surface area contributed by atoms with Gasteiger partial charge in [0, 0.05) is 24.3 Å². The smallest absolute Gasteiger partial charge is 0.300 e. The highest BCUT2D eigenvalue weighted by molar-refractivity contribution is 5.29. The largest absolute Gasteiger partial charge is 0.408 e. The quantitative estimate of drug-likeness (QED) is 0.902. The van der Waals surface area contributed by atoms with Crippen LogP contribution in [0.25, 0.3) is 0 Å². The van der Waals surface area contributed by atoms with E-state index < -0.39 is 12.2 Å². The third-order valence-electron chi connectivity index (χ3n) is 5.01. The van der Waals surface area contributed by atoms with Gasteiger partial charge in [-0.1, -0.05) is 13.3 Å². The topological polar surface area (TPSA) is 29.9 Å². The molecule has 0 aromatic carbocycles. The lowest BCUT2D eigenvalue weighted by Crippen LogP contribution is -2.42. The van der Waals surface area contributed by atoms with Gasteiger partial charge >= 0.3 is 6.18 Å². The van der Waals surface area contributed by atoms with E-state index in [1.165, 1.54) is 4.68 Å². The van der Waals surface area contributed by atoms with Crippen LogP contribution in [-0.4, -0.2) is 22.0 Å². The first kappa shape index (κ1) is 17.3. The van der Waals surface area contributed by atoms with Gasteiger partial charge in [-0.05, 0) is 45.4 Å². The Labute approximate surface area is 130 Å². The van der Waals surface area contributed by atoms with Crippen LogP contribution in [0.3, 0.4) is 0 Å². The number of aromatic nitrogens is 2. The maximum atomic E-state index is 13.6. The van der Waals surface area contributed by atoms with E-state index in [2.05, 4.69) is 17.3 Å². The summed E-state index contributed by atoms with van der Waals surface area (Å²) in [5.41, 5.74) is 1.32. The molecule has 1 aromatic rings. The number of alkyl halides is 3. The van der Waals surface area contributed by atoms with E-state index in [1.54, 1.807) is 20.9 Å². The Hall–Kier alpha value is -1.04. The highest BCUT2D eigenvalue weighted by Gasteiger charge is 2.44. The van der Waals surface area contributed by atoms with Crippen molar-refractivity contribution in [3.8, 4) is 0 Å². The third kappa shape index (κ3) is 3.65. The van der Waals surface area contributed by atoms with Crippen molar-refractivity contribution in [3.63, 3.8) is 0 Å². The van der Waals surface area contributed by atoms with Gasteiger partial charge in [-0.15, -0.1) is 0 Å². The van der Waals surface area contributed by atoms with Crippen molar-refractivity contribution in [2.45, 2.75) is 71.1 Å². The van der Waals surface area contributed by atoms with Gasteiger partial charge in [0.2, 0.25) is 0 Å². The number of nitrogens with one attached hydrogen (secondary N) is 1. The molecule has 1 saturated carbocycles. The number of halogens is 3. The fraction of sp³-hybridized carbons (Fsp3) is 0.812. The zero-order valence-corrected chi connectivity index (χ0v) is 13.8. The lowest BCUT2D eigenvalue weighted by molar-refractivity contribution is -0.160. The molecular weight excluding hydrogens is 291 g/mol. The van der Waals surface area contributed by atoms with Crippen molar-refractivity contribution in [1.29, 1.82) is 0 Å². The highest BCUT2D eigenvalue weighted by atomic mass is 19.4. The maximum absolute atomic E-state index is 13.6. The number of hydrogen-bond acceptors (Lipinski definition) is 2. The highest BCUT2D eigenvalue weighted by Crippen LogP contribution is 2.38. The molecule has 0 bridgehead atoms. The van der Waals surface area contributed by atoms with Crippen molar-refractivity contribution >= 4 is 0 Å². The number of rotatable bonds is 4. The Bertz CT molecular complexity index is 499. The van der Waals surface area contributed by atoms with E-state index >= 15 is 0 Å². The van der Waals surface area contributed by atoms with Crippen LogP contribution in [0.1, 0.15) is 62.0 Å². The number of nitrogens with zero attached hydrogens (tertiary/aromatic N) is 2. The summed E-state index contributed by atoms with van der Waals surface area (Å²) in [6.07, 6.45) is 0.497. The molecular formula is C16H26F3N3. The van der Waals surface area contributed by atoms with E-state index in [9.17, 15) is 13.2 Å². The molecule has 0 spiro atoms. The fourth-order valence-corrected chi connectivity index (χ4v) is 3.52. The maximum Gasteiger partial charge on any atom is 0.408 e. The molecule has 1 N–H and O–H groups in total. The minimum atomic E-state index is -4.31. The average Bonchev–Trinajstić information content (AvgIpc) is 2.69. The monoisotopic (exact) mass is 317 g/mol. The predicted octanol–water partition coefficient (Wildman–Crippen LogP) is 4.20. The minimum Gasteiger partial charge on any atom is -0.300 e. The summed E-state index contributed by atoms with van der Waals surface area (Å²) < 4.78 is 42.2. The minimum absolute atomic E-state index is 0.0616. The second-order valence-electron chi connectivity index (χ2n) is 6.48. The van der Waals surface area contributed by atoms with Gasteiger partial charge in [-0.25, -0.2) is 0 Å². The second-order valence-corrected chi connectivity index (χ2v) is 6.48. The summed E-state index contributed by atoms with van der Waals surface area (Å²) in [6, 6.07) is -1.68. The SMILES string of the molecule is CCC1CCC(N[C@H](c2c(C)nn(C)c2C)C(F)(F)F)CC1. The molecule has 1 atom stereocenters. The Morgan fingerprint density at radius 2 is 1.82 bits per heavy atom. The van der Waals surface area contributed by atoms with Gasteiger partial charge in [0.05, 0.1) is 5.69 Å². The molecule has 0 radical (unpaired) electrons. The first-order chi connectivity index (χ1) is 10.2. The van der Waals surface area contributed by atoms with E-state index in [0.717, 1.165) is 32.1 Å². The molecule has 1 heterocycles. The Morgan fingerprint density at radius 3 is 2.23 bits per heavy atom. The standard InChI is InChI=1S/C16H26F3N3/c1-5-12-6-8-13(9-7-12)20-15(16(17,18)19)14-10(2)21-22(4)11(14)3/h12-13,15,20H,5-9H2,1-4H3/t12?,13?,15-/m1/s1. The van der Waals surface area contributed by atoms with Crippen LogP contribution in [0.2, 0.25) is 0 Å². The molecule has 1 fully saturated rings. The Kier molecular flexibility index (Phi) is 5.20. The third-order valence-corrected chi connectivity index (χ3v) is 5.01. The van der Waals surface area contributed by atoms with Crippen molar-refractivity contribution in [3.05, 3.63) is 17.0 Å². The fourth-order valence-electron chi connectivity index (χ4n) is 3.52. The van der Waals surface area contributed by atoms with Gasteiger partial charge in [-0.3, -0.25) is 10.00 Å². The van der Waals surface area contributed by atoms with Crippen LogP contribution in [0, 0.1) is 19.8 Å². The van der Waals surface area contributed by atoms with E-state index in [4.69, 9.17) is 0 Å². The van der Waals surface area contributed by atoms with Crippen LogP contribution in [0.15, 0.2) is 0 Å². The lowest BCUT2D eigenvalue weighted by Gasteiger charge is -2.33. The van der Waals surface area contributed by atoms with E-state index in [-0.39, 0.29) is 11.6 Å². The van der Waals surface area contributed by atoms with Crippen LogP contribution >= 0.6 is 0 Å². The van der Waals surface area contributed by atoms with Gasteiger partial charge < -0.3 is 0 Å². The molecule has 2 rings (SSSR count). The first-order valence-corrected chi connectivity index (χ1v) is 8.06. The van der Waals surface area contributed by atoms with Gasteiger partial charge in [-0.2, -0.15) is 18.3 Å².